The van der Waals surface area contributed by atoms with E-state index in [0.29, 0.717) is 0 Å². The maximum atomic E-state index is 11.4. The first-order valence-electron chi connectivity index (χ1n) is 8.55. The molecule has 0 fully saturated rings. The van der Waals surface area contributed by atoms with Gasteiger partial charge in [0.15, 0.2) is 6.10 Å². The molecular weight excluding hydrogens is 272 g/mol. The van der Waals surface area contributed by atoms with E-state index in [0.717, 1.165) is 62.5 Å². The monoisotopic (exact) mass is 300 g/mol. The summed E-state index contributed by atoms with van der Waals surface area (Å²) in [5.41, 5.74) is 2.27. The number of hydrogen-bond acceptors (Lipinski definition) is 2. The van der Waals surface area contributed by atoms with E-state index in [1.807, 2.05) is 0 Å². The lowest BCUT2D eigenvalue weighted by Gasteiger charge is -2.13. The summed E-state index contributed by atoms with van der Waals surface area (Å²) in [4.78, 5) is 11.4. The first kappa shape index (κ1) is 18.4. The molecule has 0 amide bonds. The van der Waals surface area contributed by atoms with Gasteiger partial charge in [0.1, 0.15) is 0 Å². The lowest BCUT2D eigenvalue weighted by atomic mass is 10.0. The predicted octanol–water partition coefficient (Wildman–Crippen LogP) is 4.79. The molecule has 0 saturated carbocycles. The zero-order chi connectivity index (χ0) is 16.2. The standard InChI is InChI=1S/C20H28O2/c1-4-6-8-10-13-18-14-12-15-19(18)20(22-17(3)21)16-11-9-7-5-2/h20H,4-9,12,14-15H2,1-3H3. The van der Waals surface area contributed by atoms with Crippen LogP contribution in [0.4, 0.5) is 0 Å². The van der Waals surface area contributed by atoms with Crippen LogP contribution in [-0.2, 0) is 9.53 Å². The Kier molecular flexibility index (Phi) is 9.17. The molecule has 0 aromatic heterocycles. The van der Waals surface area contributed by atoms with Crippen molar-refractivity contribution in [3.63, 3.8) is 0 Å². The normalized spacial score (nSPS) is 14.7. The minimum Gasteiger partial charge on any atom is -0.445 e. The van der Waals surface area contributed by atoms with Crippen molar-refractivity contribution in [2.75, 3.05) is 0 Å². The molecule has 0 saturated heterocycles. The molecule has 1 rings (SSSR count). The third kappa shape index (κ3) is 6.86. The summed E-state index contributed by atoms with van der Waals surface area (Å²) in [6.45, 7) is 5.77. The van der Waals surface area contributed by atoms with Crippen LogP contribution in [-0.4, -0.2) is 12.1 Å². The third-order valence-corrected chi connectivity index (χ3v) is 3.64. The van der Waals surface area contributed by atoms with Gasteiger partial charge < -0.3 is 4.74 Å². The smallest absolute Gasteiger partial charge is 0.304 e. The van der Waals surface area contributed by atoms with Crippen LogP contribution < -0.4 is 0 Å². The summed E-state index contributed by atoms with van der Waals surface area (Å²) in [5, 5.41) is 0. The Morgan fingerprint density at radius 2 is 1.82 bits per heavy atom. The summed E-state index contributed by atoms with van der Waals surface area (Å²) in [6.07, 6.45) is 8.94. The molecule has 0 bridgehead atoms. The first-order valence-corrected chi connectivity index (χ1v) is 8.55. The number of carbonyl (C=O) groups is 1. The van der Waals surface area contributed by atoms with Gasteiger partial charge >= 0.3 is 5.97 Å². The van der Waals surface area contributed by atoms with E-state index in [1.54, 1.807) is 0 Å². The fourth-order valence-electron chi connectivity index (χ4n) is 2.42. The molecule has 0 aromatic rings. The Labute approximate surface area is 135 Å². The molecule has 0 heterocycles. The molecule has 0 aromatic carbocycles. The Morgan fingerprint density at radius 3 is 2.45 bits per heavy atom. The molecule has 1 aliphatic carbocycles. The van der Waals surface area contributed by atoms with Gasteiger partial charge in [-0.1, -0.05) is 50.4 Å². The van der Waals surface area contributed by atoms with E-state index in [-0.39, 0.29) is 5.97 Å². The molecule has 120 valence electrons. The number of esters is 1. The van der Waals surface area contributed by atoms with Crippen LogP contribution in [0.5, 0.6) is 0 Å². The second-order valence-electron chi connectivity index (χ2n) is 5.68. The number of rotatable bonds is 6. The van der Waals surface area contributed by atoms with Crippen molar-refractivity contribution < 1.29 is 9.53 Å². The van der Waals surface area contributed by atoms with Gasteiger partial charge in [-0.2, -0.15) is 0 Å². The summed E-state index contributed by atoms with van der Waals surface area (Å²) >= 11 is 0. The van der Waals surface area contributed by atoms with Crippen LogP contribution >= 0.6 is 0 Å². The quantitative estimate of drug-likeness (QED) is 0.400. The van der Waals surface area contributed by atoms with Gasteiger partial charge in [-0.3, -0.25) is 4.79 Å². The molecule has 0 N–H and O–H groups in total. The largest absolute Gasteiger partial charge is 0.445 e. The highest BCUT2D eigenvalue weighted by atomic mass is 16.5. The van der Waals surface area contributed by atoms with Gasteiger partial charge in [-0.25, -0.2) is 0 Å². The number of hydrogen-bond donors (Lipinski definition) is 0. The number of allylic oxidation sites excluding steroid dienone is 1. The van der Waals surface area contributed by atoms with Crippen LogP contribution in [0.3, 0.4) is 0 Å². The Hall–Kier alpha value is -1.67. The van der Waals surface area contributed by atoms with Crippen LogP contribution in [0.25, 0.3) is 0 Å². The van der Waals surface area contributed by atoms with E-state index in [1.165, 1.54) is 13.3 Å². The zero-order valence-corrected chi connectivity index (χ0v) is 14.3. The summed E-state index contributed by atoms with van der Waals surface area (Å²) in [5.74, 6) is 12.6. The number of ether oxygens (including phenoxy) is 1. The van der Waals surface area contributed by atoms with Gasteiger partial charge in [0.25, 0.3) is 0 Å². The van der Waals surface area contributed by atoms with Gasteiger partial charge in [0.2, 0.25) is 0 Å². The highest BCUT2D eigenvalue weighted by Crippen LogP contribution is 2.29. The van der Waals surface area contributed by atoms with Gasteiger partial charge in [-0.05, 0) is 37.7 Å². The van der Waals surface area contributed by atoms with Crippen molar-refractivity contribution in [2.45, 2.75) is 84.7 Å². The fraction of sp³-hybridized carbons (Fsp3) is 0.650. The lowest BCUT2D eigenvalue weighted by molar-refractivity contribution is -0.142. The van der Waals surface area contributed by atoms with Crippen molar-refractivity contribution in [1.82, 2.24) is 0 Å². The SMILES string of the molecule is CCCCC#CC1=C(C(C#CCCCC)OC(C)=O)CCC1. The summed E-state index contributed by atoms with van der Waals surface area (Å²) < 4.78 is 5.43. The molecule has 1 aliphatic rings. The molecule has 0 aliphatic heterocycles. The Morgan fingerprint density at radius 1 is 1.14 bits per heavy atom. The minimum absolute atomic E-state index is 0.271. The molecule has 0 radical (unpaired) electrons. The number of carbonyl (C=O) groups excluding carboxylic acids is 1. The zero-order valence-electron chi connectivity index (χ0n) is 14.3. The van der Waals surface area contributed by atoms with Crippen LogP contribution in [0.15, 0.2) is 11.1 Å². The Balaban J connectivity index is 2.85. The Bertz CT molecular complexity index is 505. The van der Waals surface area contributed by atoms with Crippen LogP contribution in [0, 0.1) is 23.7 Å². The van der Waals surface area contributed by atoms with Crippen LogP contribution in [0.1, 0.15) is 78.6 Å². The highest BCUT2D eigenvalue weighted by Gasteiger charge is 2.22. The van der Waals surface area contributed by atoms with E-state index >= 15 is 0 Å². The molecule has 0 spiro atoms. The average molecular weight is 300 g/mol. The maximum absolute atomic E-state index is 11.4. The topological polar surface area (TPSA) is 26.3 Å². The molecule has 22 heavy (non-hydrogen) atoms. The maximum Gasteiger partial charge on any atom is 0.304 e. The number of unbranched alkanes of at least 4 members (excludes halogenated alkanes) is 4. The van der Waals surface area contributed by atoms with Gasteiger partial charge in [0.05, 0.1) is 0 Å². The van der Waals surface area contributed by atoms with E-state index in [9.17, 15) is 4.79 Å². The van der Waals surface area contributed by atoms with E-state index < -0.39 is 6.10 Å². The minimum atomic E-state index is -0.396. The predicted molar refractivity (Wildman–Crippen MR) is 91.0 cm³/mol. The second kappa shape index (κ2) is 11.0. The van der Waals surface area contributed by atoms with Crippen molar-refractivity contribution in [3.05, 3.63) is 11.1 Å². The van der Waals surface area contributed by atoms with Crippen molar-refractivity contribution in [3.8, 4) is 23.7 Å². The van der Waals surface area contributed by atoms with Gasteiger partial charge in [-0.15, -0.1) is 0 Å². The van der Waals surface area contributed by atoms with Crippen molar-refractivity contribution in [2.24, 2.45) is 0 Å². The second-order valence-corrected chi connectivity index (χ2v) is 5.68. The van der Waals surface area contributed by atoms with Crippen molar-refractivity contribution in [1.29, 1.82) is 0 Å². The highest BCUT2D eigenvalue weighted by molar-refractivity contribution is 5.67. The molecule has 2 nitrogen and oxygen atoms in total. The fourth-order valence-corrected chi connectivity index (χ4v) is 2.42. The van der Waals surface area contributed by atoms with E-state index in [4.69, 9.17) is 4.74 Å². The molecule has 1 unspecified atom stereocenters. The first-order chi connectivity index (χ1) is 10.7. The third-order valence-electron chi connectivity index (χ3n) is 3.64. The molecule has 1 atom stereocenters. The molecule has 2 heteroatoms. The summed E-state index contributed by atoms with van der Waals surface area (Å²) in [6, 6.07) is 0. The van der Waals surface area contributed by atoms with E-state index in [2.05, 4.69) is 37.5 Å². The lowest BCUT2D eigenvalue weighted by Crippen LogP contribution is -2.17. The summed E-state index contributed by atoms with van der Waals surface area (Å²) in [7, 11) is 0. The van der Waals surface area contributed by atoms with Crippen LogP contribution in [0.2, 0.25) is 0 Å². The van der Waals surface area contributed by atoms with Crippen molar-refractivity contribution >= 4 is 5.97 Å². The van der Waals surface area contributed by atoms with Gasteiger partial charge in [0, 0.05) is 25.3 Å². The average Bonchev–Trinajstić information content (AvgIpc) is 2.95. The molecular formula is C20H28O2.